The van der Waals surface area contributed by atoms with Crippen LogP contribution >= 0.6 is 0 Å². The van der Waals surface area contributed by atoms with E-state index in [1.54, 1.807) is 0 Å². The van der Waals surface area contributed by atoms with Gasteiger partial charge in [-0.25, -0.2) is 0 Å². The summed E-state index contributed by atoms with van der Waals surface area (Å²) in [4.78, 5) is 5.21. The van der Waals surface area contributed by atoms with Crippen molar-refractivity contribution in [3.63, 3.8) is 0 Å². The lowest BCUT2D eigenvalue weighted by Gasteiger charge is -2.42. The molecule has 2 aliphatic rings. The van der Waals surface area contributed by atoms with Crippen molar-refractivity contribution in [2.75, 3.05) is 46.3 Å². The summed E-state index contributed by atoms with van der Waals surface area (Å²) in [6.45, 7) is 12.3. The van der Waals surface area contributed by atoms with Gasteiger partial charge in [0.05, 0.1) is 0 Å². The molecule has 0 amide bonds. The third-order valence-corrected chi connectivity index (χ3v) is 4.21. The zero-order valence-electron chi connectivity index (χ0n) is 11.8. The SMILES string of the molecule is CC(C)CN(CC1CCN(C)CC1)C1CNC1. The lowest BCUT2D eigenvalue weighted by Crippen LogP contribution is -2.59. The minimum absolute atomic E-state index is 0.793. The summed E-state index contributed by atoms with van der Waals surface area (Å²) in [7, 11) is 2.25. The molecule has 100 valence electrons. The molecule has 0 unspecified atom stereocenters. The Morgan fingerprint density at radius 2 is 1.88 bits per heavy atom. The van der Waals surface area contributed by atoms with E-state index in [9.17, 15) is 0 Å². The minimum atomic E-state index is 0.793. The first-order valence-electron chi connectivity index (χ1n) is 7.28. The number of nitrogens with one attached hydrogen (secondary N) is 1. The van der Waals surface area contributed by atoms with Crippen molar-refractivity contribution < 1.29 is 0 Å². The third kappa shape index (κ3) is 3.94. The Hall–Kier alpha value is -0.120. The lowest BCUT2D eigenvalue weighted by atomic mass is 9.94. The summed E-state index contributed by atoms with van der Waals surface area (Å²) in [6.07, 6.45) is 2.79. The van der Waals surface area contributed by atoms with Gasteiger partial charge in [0.15, 0.2) is 0 Å². The maximum atomic E-state index is 3.41. The lowest BCUT2D eigenvalue weighted by molar-refractivity contribution is 0.0891. The fourth-order valence-electron chi connectivity index (χ4n) is 2.95. The summed E-state index contributed by atoms with van der Waals surface area (Å²) in [5.41, 5.74) is 0. The van der Waals surface area contributed by atoms with Crippen LogP contribution in [0.15, 0.2) is 0 Å². The van der Waals surface area contributed by atoms with Crippen molar-refractivity contribution in [2.24, 2.45) is 11.8 Å². The molecule has 2 heterocycles. The molecular weight excluding hydrogens is 210 g/mol. The average molecular weight is 239 g/mol. The van der Waals surface area contributed by atoms with Crippen molar-refractivity contribution in [3.8, 4) is 0 Å². The van der Waals surface area contributed by atoms with Gasteiger partial charge in [-0.05, 0) is 44.8 Å². The van der Waals surface area contributed by atoms with Crippen LogP contribution in [0, 0.1) is 11.8 Å². The standard InChI is InChI=1S/C14H29N3/c1-12(2)10-17(14-8-15-9-14)11-13-4-6-16(3)7-5-13/h12-15H,4-11H2,1-3H3. The van der Waals surface area contributed by atoms with Crippen LogP contribution in [0.5, 0.6) is 0 Å². The predicted molar refractivity (Wildman–Crippen MR) is 73.3 cm³/mol. The molecule has 0 atom stereocenters. The van der Waals surface area contributed by atoms with Crippen LogP contribution in [0.25, 0.3) is 0 Å². The maximum Gasteiger partial charge on any atom is 0.0345 e. The van der Waals surface area contributed by atoms with Crippen LogP contribution in [-0.2, 0) is 0 Å². The minimum Gasteiger partial charge on any atom is -0.314 e. The highest BCUT2D eigenvalue weighted by Crippen LogP contribution is 2.20. The van der Waals surface area contributed by atoms with Crippen LogP contribution in [-0.4, -0.2) is 62.2 Å². The van der Waals surface area contributed by atoms with Crippen LogP contribution in [0.3, 0.4) is 0 Å². The van der Waals surface area contributed by atoms with Gasteiger partial charge in [0.2, 0.25) is 0 Å². The number of hydrogen-bond donors (Lipinski definition) is 1. The van der Waals surface area contributed by atoms with E-state index < -0.39 is 0 Å². The van der Waals surface area contributed by atoms with Crippen LogP contribution in [0.1, 0.15) is 26.7 Å². The van der Waals surface area contributed by atoms with E-state index in [0.717, 1.165) is 17.9 Å². The highest BCUT2D eigenvalue weighted by Gasteiger charge is 2.28. The molecule has 17 heavy (non-hydrogen) atoms. The van der Waals surface area contributed by atoms with Gasteiger partial charge in [-0.1, -0.05) is 13.8 Å². The highest BCUT2D eigenvalue weighted by molar-refractivity contribution is 4.87. The van der Waals surface area contributed by atoms with E-state index in [1.807, 2.05) is 0 Å². The fourth-order valence-corrected chi connectivity index (χ4v) is 2.95. The summed E-state index contributed by atoms with van der Waals surface area (Å²) in [5.74, 6) is 1.73. The summed E-state index contributed by atoms with van der Waals surface area (Å²) < 4.78 is 0. The van der Waals surface area contributed by atoms with Crippen molar-refractivity contribution in [1.82, 2.24) is 15.1 Å². The van der Waals surface area contributed by atoms with Crippen LogP contribution < -0.4 is 5.32 Å². The van der Waals surface area contributed by atoms with E-state index in [2.05, 4.69) is 36.0 Å². The van der Waals surface area contributed by atoms with Gasteiger partial charge in [0, 0.05) is 32.2 Å². The fraction of sp³-hybridized carbons (Fsp3) is 1.00. The Bertz CT molecular complexity index is 218. The second-order valence-corrected chi connectivity index (χ2v) is 6.41. The summed E-state index contributed by atoms with van der Waals surface area (Å²) >= 11 is 0. The Kier molecular flexibility index (Phi) is 4.83. The van der Waals surface area contributed by atoms with Gasteiger partial charge >= 0.3 is 0 Å². The molecule has 2 saturated heterocycles. The first kappa shape index (κ1) is 13.3. The summed E-state index contributed by atoms with van der Waals surface area (Å²) in [5, 5.41) is 3.41. The van der Waals surface area contributed by atoms with Gasteiger partial charge in [0.25, 0.3) is 0 Å². The van der Waals surface area contributed by atoms with Gasteiger partial charge in [-0.15, -0.1) is 0 Å². The normalized spacial score (nSPS) is 24.5. The molecule has 2 rings (SSSR count). The number of nitrogens with zero attached hydrogens (tertiary/aromatic N) is 2. The molecule has 0 aromatic carbocycles. The third-order valence-electron chi connectivity index (χ3n) is 4.21. The summed E-state index contributed by atoms with van der Waals surface area (Å²) in [6, 6.07) is 0.817. The van der Waals surface area contributed by atoms with E-state index in [-0.39, 0.29) is 0 Å². The second-order valence-electron chi connectivity index (χ2n) is 6.41. The Morgan fingerprint density at radius 3 is 2.35 bits per heavy atom. The quantitative estimate of drug-likeness (QED) is 0.779. The average Bonchev–Trinajstić information content (AvgIpc) is 2.18. The van der Waals surface area contributed by atoms with E-state index in [4.69, 9.17) is 0 Å². The van der Waals surface area contributed by atoms with E-state index in [0.29, 0.717) is 0 Å². The number of likely N-dealkylation sites (tertiary alicyclic amines) is 1. The molecule has 0 radical (unpaired) electrons. The molecule has 0 saturated carbocycles. The molecule has 0 aliphatic carbocycles. The van der Waals surface area contributed by atoms with Crippen LogP contribution in [0.4, 0.5) is 0 Å². The molecular formula is C14H29N3. The molecule has 0 bridgehead atoms. The topological polar surface area (TPSA) is 18.5 Å². The Balaban J connectivity index is 1.79. The molecule has 0 spiro atoms. The van der Waals surface area contributed by atoms with Crippen molar-refractivity contribution in [1.29, 1.82) is 0 Å². The first-order valence-corrected chi connectivity index (χ1v) is 7.28. The second kappa shape index (κ2) is 6.17. The zero-order chi connectivity index (χ0) is 12.3. The van der Waals surface area contributed by atoms with Gasteiger partial charge in [-0.2, -0.15) is 0 Å². The highest BCUT2D eigenvalue weighted by atomic mass is 15.2. The molecule has 2 aliphatic heterocycles. The maximum absolute atomic E-state index is 3.41. The van der Waals surface area contributed by atoms with Crippen molar-refractivity contribution >= 4 is 0 Å². The molecule has 0 aromatic heterocycles. The largest absolute Gasteiger partial charge is 0.314 e. The molecule has 3 nitrogen and oxygen atoms in total. The molecule has 0 aromatic rings. The first-order chi connectivity index (χ1) is 8.15. The molecule has 1 N–H and O–H groups in total. The zero-order valence-corrected chi connectivity index (χ0v) is 11.8. The number of hydrogen-bond acceptors (Lipinski definition) is 3. The Morgan fingerprint density at radius 1 is 1.24 bits per heavy atom. The smallest absolute Gasteiger partial charge is 0.0345 e. The number of piperidine rings is 1. The van der Waals surface area contributed by atoms with Gasteiger partial charge in [0.1, 0.15) is 0 Å². The van der Waals surface area contributed by atoms with Gasteiger partial charge < -0.3 is 10.2 Å². The monoisotopic (exact) mass is 239 g/mol. The Labute approximate surface area is 107 Å². The van der Waals surface area contributed by atoms with E-state index in [1.165, 1.54) is 52.1 Å². The predicted octanol–water partition coefficient (Wildman–Crippen LogP) is 1.26. The van der Waals surface area contributed by atoms with Gasteiger partial charge in [-0.3, -0.25) is 4.90 Å². The van der Waals surface area contributed by atoms with Crippen molar-refractivity contribution in [3.05, 3.63) is 0 Å². The van der Waals surface area contributed by atoms with Crippen molar-refractivity contribution in [2.45, 2.75) is 32.7 Å². The van der Waals surface area contributed by atoms with Crippen LogP contribution in [0.2, 0.25) is 0 Å². The molecule has 2 fully saturated rings. The van der Waals surface area contributed by atoms with E-state index >= 15 is 0 Å². The molecule has 3 heteroatoms. The number of rotatable bonds is 5.